The summed E-state index contributed by atoms with van der Waals surface area (Å²) >= 11 is 1.61. The van der Waals surface area contributed by atoms with Crippen LogP contribution in [0.5, 0.6) is 0 Å². The van der Waals surface area contributed by atoms with E-state index in [1.54, 1.807) is 18.7 Å². The number of nitrogens with two attached hydrogens (primary N) is 1. The molecule has 1 aliphatic heterocycles. The molecule has 2 N–H and O–H groups in total. The Morgan fingerprint density at radius 3 is 3.07 bits per heavy atom. The summed E-state index contributed by atoms with van der Waals surface area (Å²) in [6.45, 7) is 2.99. The number of hydrogen-bond donors (Lipinski definition) is 1. The van der Waals surface area contributed by atoms with Gasteiger partial charge in [-0.25, -0.2) is 0 Å². The number of rotatable bonds is 5. The quantitative estimate of drug-likeness (QED) is 0.721. The van der Waals surface area contributed by atoms with Crippen molar-refractivity contribution in [1.29, 1.82) is 0 Å². The van der Waals surface area contributed by atoms with Gasteiger partial charge < -0.3 is 15.2 Å². The lowest BCUT2D eigenvalue weighted by Gasteiger charge is -2.22. The van der Waals surface area contributed by atoms with Crippen LogP contribution < -0.4 is 5.73 Å². The van der Waals surface area contributed by atoms with Gasteiger partial charge >= 0.3 is 5.97 Å². The zero-order chi connectivity index (χ0) is 11.1. The number of esters is 1. The van der Waals surface area contributed by atoms with Crippen molar-refractivity contribution >= 4 is 17.7 Å². The van der Waals surface area contributed by atoms with Crippen molar-refractivity contribution in [2.45, 2.75) is 37.7 Å². The smallest absolute Gasteiger partial charge is 0.323 e. The van der Waals surface area contributed by atoms with Crippen LogP contribution in [-0.2, 0) is 14.3 Å². The summed E-state index contributed by atoms with van der Waals surface area (Å²) in [6, 6.07) is -0.527. The van der Waals surface area contributed by atoms with Crippen LogP contribution in [0.4, 0.5) is 0 Å². The van der Waals surface area contributed by atoms with Crippen LogP contribution in [0.25, 0.3) is 0 Å². The first-order chi connectivity index (χ1) is 7.24. The van der Waals surface area contributed by atoms with Gasteiger partial charge in [0.15, 0.2) is 0 Å². The Kier molecular flexibility index (Phi) is 6.05. The van der Waals surface area contributed by atoms with E-state index in [1.165, 1.54) is 6.42 Å². The van der Waals surface area contributed by atoms with Gasteiger partial charge in [-0.3, -0.25) is 4.79 Å². The summed E-state index contributed by atoms with van der Waals surface area (Å²) in [4.78, 5) is 11.2. The molecule has 0 unspecified atom stereocenters. The molecular weight excluding hydrogens is 214 g/mol. The van der Waals surface area contributed by atoms with Gasteiger partial charge in [0.1, 0.15) is 11.5 Å². The maximum atomic E-state index is 11.2. The maximum Gasteiger partial charge on any atom is 0.323 e. The molecule has 0 aromatic heterocycles. The van der Waals surface area contributed by atoms with Crippen molar-refractivity contribution in [3.63, 3.8) is 0 Å². The maximum absolute atomic E-state index is 11.2. The van der Waals surface area contributed by atoms with Crippen LogP contribution in [0.15, 0.2) is 0 Å². The molecule has 5 heteroatoms. The fraction of sp³-hybridized carbons (Fsp3) is 0.900. The van der Waals surface area contributed by atoms with Gasteiger partial charge in [-0.1, -0.05) is 0 Å². The summed E-state index contributed by atoms with van der Waals surface area (Å²) in [6.07, 6.45) is 3.40. The highest BCUT2D eigenvalue weighted by molar-refractivity contribution is 7.99. The summed E-state index contributed by atoms with van der Waals surface area (Å²) in [7, 11) is 0. The zero-order valence-corrected chi connectivity index (χ0v) is 9.92. The predicted molar refractivity (Wildman–Crippen MR) is 60.7 cm³/mol. The van der Waals surface area contributed by atoms with Gasteiger partial charge in [-0.2, -0.15) is 0 Å². The molecular formula is C10H19NO3S. The van der Waals surface area contributed by atoms with E-state index >= 15 is 0 Å². The van der Waals surface area contributed by atoms with Crippen molar-refractivity contribution in [2.75, 3.05) is 19.0 Å². The molecule has 0 spiro atoms. The number of carbonyl (C=O) groups excluding carboxylic acids is 1. The molecule has 0 radical (unpaired) electrons. The summed E-state index contributed by atoms with van der Waals surface area (Å²) in [5, 5.41) is 0. The molecule has 0 saturated carbocycles. The Morgan fingerprint density at radius 2 is 2.47 bits per heavy atom. The second kappa shape index (κ2) is 7.09. The third-order valence-corrected chi connectivity index (χ3v) is 3.48. The standard InChI is InChI=1S/C10H19NO3S/c1-2-13-10(12)8(11)7-15-9-5-3-4-6-14-9/h8-9H,2-7,11H2,1H3/t8-,9-/m1/s1. The molecule has 88 valence electrons. The summed E-state index contributed by atoms with van der Waals surface area (Å²) in [5.74, 6) is 0.254. The Hall–Kier alpha value is -0.260. The lowest BCUT2D eigenvalue weighted by Crippen LogP contribution is -2.35. The minimum absolute atomic E-state index is 0.208. The van der Waals surface area contributed by atoms with Gasteiger partial charge in [0.25, 0.3) is 0 Å². The van der Waals surface area contributed by atoms with Crippen LogP contribution >= 0.6 is 11.8 Å². The first kappa shape index (κ1) is 12.8. The Bertz CT molecular complexity index is 195. The average Bonchev–Trinajstić information content (AvgIpc) is 2.27. The highest BCUT2D eigenvalue weighted by atomic mass is 32.2. The van der Waals surface area contributed by atoms with Crippen LogP contribution in [0.1, 0.15) is 26.2 Å². The topological polar surface area (TPSA) is 61.5 Å². The van der Waals surface area contributed by atoms with E-state index < -0.39 is 6.04 Å². The molecule has 1 rings (SSSR count). The minimum atomic E-state index is -0.527. The van der Waals surface area contributed by atoms with Crippen LogP contribution in [-0.4, -0.2) is 36.4 Å². The van der Waals surface area contributed by atoms with E-state index in [0.29, 0.717) is 12.4 Å². The Balaban J connectivity index is 2.14. The fourth-order valence-corrected chi connectivity index (χ4v) is 2.45. The Morgan fingerprint density at radius 1 is 1.67 bits per heavy atom. The molecule has 0 amide bonds. The van der Waals surface area contributed by atoms with E-state index in [4.69, 9.17) is 15.2 Å². The second-order valence-corrected chi connectivity index (χ2v) is 4.68. The highest BCUT2D eigenvalue weighted by Gasteiger charge is 2.19. The van der Waals surface area contributed by atoms with Crippen molar-refractivity contribution in [2.24, 2.45) is 5.73 Å². The number of hydrogen-bond acceptors (Lipinski definition) is 5. The lowest BCUT2D eigenvalue weighted by molar-refractivity contribution is -0.144. The summed E-state index contributed by atoms with van der Waals surface area (Å²) in [5.41, 5.74) is 5.88. The van der Waals surface area contributed by atoms with Crippen molar-refractivity contribution in [3.05, 3.63) is 0 Å². The molecule has 1 aliphatic rings. The van der Waals surface area contributed by atoms with E-state index in [1.807, 2.05) is 0 Å². The predicted octanol–water partition coefficient (Wildman–Crippen LogP) is 1.14. The molecule has 15 heavy (non-hydrogen) atoms. The molecule has 2 atom stereocenters. The lowest BCUT2D eigenvalue weighted by atomic mass is 10.2. The van der Waals surface area contributed by atoms with Gasteiger partial charge in [-0.15, -0.1) is 11.8 Å². The van der Waals surface area contributed by atoms with Gasteiger partial charge in [0, 0.05) is 12.4 Å². The minimum Gasteiger partial charge on any atom is -0.465 e. The average molecular weight is 233 g/mol. The van der Waals surface area contributed by atoms with Crippen LogP contribution in [0.3, 0.4) is 0 Å². The highest BCUT2D eigenvalue weighted by Crippen LogP contribution is 2.23. The molecule has 0 aromatic rings. The molecule has 0 bridgehead atoms. The molecule has 0 aromatic carbocycles. The van der Waals surface area contributed by atoms with E-state index in [0.717, 1.165) is 19.4 Å². The van der Waals surface area contributed by atoms with Crippen molar-refractivity contribution in [3.8, 4) is 0 Å². The molecule has 1 fully saturated rings. The first-order valence-corrected chi connectivity index (χ1v) is 6.44. The zero-order valence-electron chi connectivity index (χ0n) is 9.11. The van der Waals surface area contributed by atoms with E-state index in [2.05, 4.69) is 0 Å². The van der Waals surface area contributed by atoms with Gasteiger partial charge in [-0.05, 0) is 26.2 Å². The van der Waals surface area contributed by atoms with Crippen molar-refractivity contribution < 1.29 is 14.3 Å². The van der Waals surface area contributed by atoms with Gasteiger partial charge in [0.05, 0.1) is 6.61 Å². The Labute approximate surface area is 94.9 Å². The number of thioether (sulfide) groups is 1. The molecule has 1 heterocycles. The normalized spacial score (nSPS) is 23.5. The van der Waals surface area contributed by atoms with E-state index in [9.17, 15) is 4.79 Å². The largest absolute Gasteiger partial charge is 0.465 e. The van der Waals surface area contributed by atoms with Crippen LogP contribution in [0, 0.1) is 0 Å². The SMILES string of the molecule is CCOC(=O)[C@H](N)CS[C@@H]1CCCCO1. The van der Waals surface area contributed by atoms with Crippen molar-refractivity contribution in [1.82, 2.24) is 0 Å². The van der Waals surface area contributed by atoms with Gasteiger partial charge in [0.2, 0.25) is 0 Å². The summed E-state index contributed by atoms with van der Waals surface area (Å²) < 4.78 is 10.3. The third kappa shape index (κ3) is 4.86. The van der Waals surface area contributed by atoms with Crippen LogP contribution in [0.2, 0.25) is 0 Å². The third-order valence-electron chi connectivity index (χ3n) is 2.19. The monoisotopic (exact) mass is 233 g/mol. The second-order valence-electron chi connectivity index (χ2n) is 3.49. The number of carbonyl (C=O) groups is 1. The number of ether oxygens (including phenoxy) is 2. The molecule has 4 nitrogen and oxygen atoms in total. The molecule has 0 aliphatic carbocycles. The van der Waals surface area contributed by atoms with E-state index in [-0.39, 0.29) is 11.4 Å². The first-order valence-electron chi connectivity index (χ1n) is 5.39. The molecule has 1 saturated heterocycles. The fourth-order valence-electron chi connectivity index (χ4n) is 1.37.